The molecule has 0 amide bonds. The third kappa shape index (κ3) is 4.81. The highest BCUT2D eigenvalue weighted by Crippen LogP contribution is 2.50. The Morgan fingerprint density at radius 3 is 1.50 bits per heavy atom. The predicted octanol–water partition coefficient (Wildman–Crippen LogP) is 13.1. The summed E-state index contributed by atoms with van der Waals surface area (Å²) in [5.41, 5.74) is 14.1. The second-order valence-corrected chi connectivity index (χ2v) is 19.3. The van der Waals surface area contributed by atoms with Crippen LogP contribution in [0.2, 0.25) is 0 Å². The zero-order valence-electron chi connectivity index (χ0n) is 35.6. The maximum atomic E-state index is 7.08. The van der Waals surface area contributed by atoms with Crippen molar-refractivity contribution in [3.8, 4) is 34.4 Å². The van der Waals surface area contributed by atoms with Crippen molar-refractivity contribution in [2.45, 2.75) is 52.4 Å². The molecule has 0 saturated heterocycles. The van der Waals surface area contributed by atoms with Crippen LogP contribution in [0, 0.1) is 0 Å². The standard InChI is InChI=1S/C56H43BN2O3/c1-55(2,3)32-24-26-44-39(28-32)57-40-29-33(56(4,5)6)25-27-45(40)61-47-31-35(30-46(60-44)51(47)57)59-41-21-13-10-18-36(41)48-52-49(54-50(53(48)59)38-20-12-15-23-43(38)62-54)37-19-11-14-22-42(37)58(52)34-16-8-7-9-17-34/h7-31H,1-6H3. The molecule has 13 rings (SSSR count). The van der Waals surface area contributed by atoms with Gasteiger partial charge >= 0.3 is 0 Å². The lowest BCUT2D eigenvalue weighted by molar-refractivity contribution is 0.463. The van der Waals surface area contributed by atoms with Gasteiger partial charge in [-0.1, -0.05) is 139 Å². The first-order valence-corrected chi connectivity index (χ1v) is 21.7. The SMILES string of the molecule is CC(C)(C)c1ccc2c(c1)B1c3cc(C(C)(C)C)ccc3Oc3cc(-n4c5ccccc5c5c6c(c7ccccc7n6-c6ccccc6)c6oc7ccccc7c6c54)cc(c31)O2. The predicted molar refractivity (Wildman–Crippen MR) is 257 cm³/mol. The Bertz CT molecular complexity index is 3640. The number of hydrogen-bond donors (Lipinski definition) is 0. The molecular weight excluding hydrogens is 759 g/mol. The van der Waals surface area contributed by atoms with Gasteiger partial charge in [-0.2, -0.15) is 0 Å². The van der Waals surface area contributed by atoms with E-state index < -0.39 is 0 Å². The van der Waals surface area contributed by atoms with Gasteiger partial charge in [0.05, 0.1) is 38.5 Å². The number of hydrogen-bond acceptors (Lipinski definition) is 3. The number of ether oxygens (including phenoxy) is 2. The number of benzene rings is 8. The molecule has 2 aliphatic heterocycles. The lowest BCUT2D eigenvalue weighted by Gasteiger charge is -2.35. The summed E-state index contributed by atoms with van der Waals surface area (Å²) >= 11 is 0. The summed E-state index contributed by atoms with van der Waals surface area (Å²) in [5, 5.41) is 6.75. The molecule has 0 atom stereocenters. The quantitative estimate of drug-likeness (QED) is 0.164. The molecule has 298 valence electrons. The molecule has 5 nitrogen and oxygen atoms in total. The molecule has 11 aromatic rings. The number of nitrogens with zero attached hydrogens (tertiary/aromatic N) is 2. The van der Waals surface area contributed by atoms with Crippen LogP contribution in [0.15, 0.2) is 156 Å². The molecule has 0 saturated carbocycles. The summed E-state index contributed by atoms with van der Waals surface area (Å²) < 4.78 is 26.1. The van der Waals surface area contributed by atoms with E-state index in [0.29, 0.717) is 0 Å². The van der Waals surface area contributed by atoms with E-state index in [-0.39, 0.29) is 17.5 Å². The highest BCUT2D eigenvalue weighted by Gasteiger charge is 2.42. The fraction of sp³-hybridized carbons (Fsp3) is 0.143. The molecule has 0 spiro atoms. The van der Waals surface area contributed by atoms with Gasteiger partial charge in [0.15, 0.2) is 0 Å². The van der Waals surface area contributed by atoms with Crippen molar-refractivity contribution in [1.29, 1.82) is 0 Å². The van der Waals surface area contributed by atoms with E-state index >= 15 is 0 Å². The Balaban J connectivity index is 1.17. The number of para-hydroxylation sites is 4. The van der Waals surface area contributed by atoms with Gasteiger partial charge in [0, 0.05) is 44.8 Å². The Morgan fingerprint density at radius 1 is 0.435 bits per heavy atom. The molecule has 0 N–H and O–H groups in total. The molecule has 62 heavy (non-hydrogen) atoms. The zero-order chi connectivity index (χ0) is 41.8. The molecule has 5 heterocycles. The third-order valence-corrected chi connectivity index (χ3v) is 13.5. The van der Waals surface area contributed by atoms with Gasteiger partial charge in [0.25, 0.3) is 6.71 Å². The number of aromatic nitrogens is 2. The average molecular weight is 803 g/mol. The van der Waals surface area contributed by atoms with Crippen LogP contribution < -0.4 is 25.9 Å². The van der Waals surface area contributed by atoms with Gasteiger partial charge in [-0.15, -0.1) is 0 Å². The van der Waals surface area contributed by atoms with Crippen molar-refractivity contribution in [3.63, 3.8) is 0 Å². The van der Waals surface area contributed by atoms with Crippen LogP contribution in [0.25, 0.3) is 76.9 Å². The first-order chi connectivity index (χ1) is 30.0. The fourth-order valence-corrected chi connectivity index (χ4v) is 10.5. The van der Waals surface area contributed by atoms with Gasteiger partial charge in [-0.25, -0.2) is 0 Å². The van der Waals surface area contributed by atoms with E-state index in [2.05, 4.69) is 202 Å². The molecule has 6 heteroatoms. The minimum absolute atomic E-state index is 0.0278. The van der Waals surface area contributed by atoms with Crippen LogP contribution in [-0.2, 0) is 10.8 Å². The second kappa shape index (κ2) is 12.2. The first kappa shape index (κ1) is 35.6. The number of fused-ring (bicyclic) bond motifs is 16. The van der Waals surface area contributed by atoms with Crippen molar-refractivity contribution in [2.24, 2.45) is 0 Å². The first-order valence-electron chi connectivity index (χ1n) is 21.7. The van der Waals surface area contributed by atoms with Crippen LogP contribution in [0.3, 0.4) is 0 Å². The van der Waals surface area contributed by atoms with Crippen LogP contribution in [0.4, 0.5) is 0 Å². The van der Waals surface area contributed by atoms with Crippen LogP contribution in [0.5, 0.6) is 23.0 Å². The maximum Gasteiger partial charge on any atom is 0.260 e. The van der Waals surface area contributed by atoms with Crippen LogP contribution in [0.1, 0.15) is 52.7 Å². The number of furan rings is 1. The summed E-state index contributed by atoms with van der Waals surface area (Å²) in [5.74, 6) is 3.38. The van der Waals surface area contributed by atoms with Gasteiger partial charge in [-0.05, 0) is 75.3 Å². The zero-order valence-corrected chi connectivity index (χ0v) is 35.6. The maximum absolute atomic E-state index is 7.08. The minimum atomic E-state index is -0.0602. The third-order valence-electron chi connectivity index (χ3n) is 13.5. The van der Waals surface area contributed by atoms with E-state index in [4.69, 9.17) is 13.9 Å². The van der Waals surface area contributed by atoms with Crippen molar-refractivity contribution >= 4 is 88.7 Å². The Morgan fingerprint density at radius 2 is 0.919 bits per heavy atom. The molecule has 0 aliphatic carbocycles. The topological polar surface area (TPSA) is 41.5 Å². The minimum Gasteiger partial charge on any atom is -0.458 e. The fourth-order valence-electron chi connectivity index (χ4n) is 10.5. The average Bonchev–Trinajstić information content (AvgIpc) is 3.93. The van der Waals surface area contributed by atoms with Crippen molar-refractivity contribution in [1.82, 2.24) is 9.13 Å². The van der Waals surface area contributed by atoms with Crippen LogP contribution in [-0.4, -0.2) is 15.8 Å². The summed E-state index contributed by atoms with van der Waals surface area (Å²) in [4.78, 5) is 0. The van der Waals surface area contributed by atoms with Crippen molar-refractivity contribution in [3.05, 3.63) is 163 Å². The van der Waals surface area contributed by atoms with Gasteiger partial charge in [0.2, 0.25) is 0 Å². The van der Waals surface area contributed by atoms with E-state index in [1.54, 1.807) is 0 Å². The molecular formula is C56H43BN2O3. The molecule has 0 fully saturated rings. The van der Waals surface area contributed by atoms with Gasteiger partial charge < -0.3 is 23.0 Å². The summed E-state index contributed by atoms with van der Waals surface area (Å²) in [7, 11) is 0. The lowest BCUT2D eigenvalue weighted by Crippen LogP contribution is -2.57. The van der Waals surface area contributed by atoms with Crippen LogP contribution >= 0.6 is 0 Å². The molecule has 3 aromatic heterocycles. The van der Waals surface area contributed by atoms with E-state index in [9.17, 15) is 0 Å². The highest BCUT2D eigenvalue weighted by atomic mass is 16.5. The summed E-state index contributed by atoms with van der Waals surface area (Å²) in [6.07, 6.45) is 0. The molecule has 0 bridgehead atoms. The molecule has 0 radical (unpaired) electrons. The Hall–Kier alpha value is -7.18. The molecule has 8 aromatic carbocycles. The van der Waals surface area contributed by atoms with Gasteiger partial charge in [0.1, 0.15) is 34.2 Å². The van der Waals surface area contributed by atoms with Crippen molar-refractivity contribution < 1.29 is 13.9 Å². The second-order valence-electron chi connectivity index (χ2n) is 19.3. The summed E-state index contributed by atoms with van der Waals surface area (Å²) in [6.45, 7) is 13.6. The number of rotatable bonds is 2. The normalized spacial score (nSPS) is 13.5. The highest BCUT2D eigenvalue weighted by molar-refractivity contribution is 6.98. The molecule has 2 aliphatic rings. The lowest BCUT2D eigenvalue weighted by atomic mass is 9.34. The Labute approximate surface area is 359 Å². The van der Waals surface area contributed by atoms with Crippen molar-refractivity contribution in [2.75, 3.05) is 0 Å². The van der Waals surface area contributed by atoms with E-state index in [0.717, 1.165) is 100.0 Å². The Kier molecular flexibility index (Phi) is 7.02. The van der Waals surface area contributed by atoms with E-state index in [1.165, 1.54) is 27.4 Å². The monoisotopic (exact) mass is 802 g/mol. The molecule has 0 unspecified atom stereocenters. The van der Waals surface area contributed by atoms with Gasteiger partial charge in [-0.3, -0.25) is 0 Å². The largest absolute Gasteiger partial charge is 0.458 e. The smallest absolute Gasteiger partial charge is 0.260 e. The summed E-state index contributed by atoms with van der Waals surface area (Å²) in [6, 6.07) is 54.7. The van der Waals surface area contributed by atoms with E-state index in [1.807, 2.05) is 0 Å².